The van der Waals surface area contributed by atoms with Crippen LogP contribution in [-0.4, -0.2) is 23.0 Å². The number of fused-ring (bicyclic) bond motifs is 1. The molecule has 2 aromatic rings. The van der Waals surface area contributed by atoms with Gasteiger partial charge in [-0.25, -0.2) is 9.18 Å². The third kappa shape index (κ3) is 3.58. The molecule has 112 valence electrons. The van der Waals surface area contributed by atoms with Gasteiger partial charge in [0.05, 0.1) is 4.88 Å². The summed E-state index contributed by atoms with van der Waals surface area (Å²) in [4.78, 5) is 23.6. The molecule has 0 aliphatic heterocycles. The van der Waals surface area contributed by atoms with Gasteiger partial charge in [0.2, 0.25) is 0 Å². The fraction of sp³-hybridized carbons (Fsp3) is 0.333. The molecule has 0 spiro atoms. The molecule has 6 heteroatoms. The Bertz CT molecular complexity index is 681. The van der Waals surface area contributed by atoms with E-state index < -0.39 is 17.9 Å². The average molecular weight is 309 g/mol. The van der Waals surface area contributed by atoms with Gasteiger partial charge in [0.15, 0.2) is 0 Å². The molecule has 1 aromatic carbocycles. The molecule has 0 aliphatic rings. The van der Waals surface area contributed by atoms with Gasteiger partial charge >= 0.3 is 5.97 Å². The van der Waals surface area contributed by atoms with Crippen LogP contribution in [0.4, 0.5) is 4.39 Å². The lowest BCUT2D eigenvalue weighted by Crippen LogP contribution is -2.41. The number of amides is 1. The van der Waals surface area contributed by atoms with Crippen molar-refractivity contribution in [3.05, 3.63) is 35.0 Å². The first kappa shape index (κ1) is 15.4. The van der Waals surface area contributed by atoms with Crippen molar-refractivity contribution in [1.29, 1.82) is 0 Å². The summed E-state index contributed by atoms with van der Waals surface area (Å²) in [5.41, 5.74) is 0. The lowest BCUT2D eigenvalue weighted by atomic mass is 10.0. The minimum Gasteiger partial charge on any atom is -0.480 e. The second-order valence-corrected chi connectivity index (χ2v) is 6.34. The smallest absolute Gasteiger partial charge is 0.326 e. The maximum atomic E-state index is 13.6. The van der Waals surface area contributed by atoms with Gasteiger partial charge in [-0.15, -0.1) is 11.3 Å². The summed E-state index contributed by atoms with van der Waals surface area (Å²) >= 11 is 1.15. The van der Waals surface area contributed by atoms with Crippen LogP contribution in [0.3, 0.4) is 0 Å². The van der Waals surface area contributed by atoms with E-state index in [-0.39, 0.29) is 11.7 Å². The van der Waals surface area contributed by atoms with Crippen molar-refractivity contribution in [2.45, 2.75) is 26.3 Å². The van der Waals surface area contributed by atoms with Gasteiger partial charge in [-0.3, -0.25) is 4.79 Å². The number of carboxylic acids is 1. The molecule has 2 N–H and O–H groups in total. The molecule has 0 aliphatic carbocycles. The van der Waals surface area contributed by atoms with E-state index >= 15 is 0 Å². The Kier molecular flexibility index (Phi) is 4.57. The van der Waals surface area contributed by atoms with Gasteiger partial charge in [-0.2, -0.15) is 0 Å². The quantitative estimate of drug-likeness (QED) is 0.891. The molecule has 1 heterocycles. The number of benzene rings is 1. The Balaban J connectivity index is 2.21. The standard InChI is InChI=1S/C15H16FNO3S/c1-8(2)6-11(15(19)20)17-14(18)13-7-9-10(16)4-3-5-12(9)21-13/h3-5,7-8,11H,6H2,1-2H3,(H,17,18)(H,19,20)/t11-/m0/s1. The summed E-state index contributed by atoms with van der Waals surface area (Å²) in [5.74, 6) is -1.79. The van der Waals surface area contributed by atoms with Crippen molar-refractivity contribution in [3.8, 4) is 0 Å². The van der Waals surface area contributed by atoms with E-state index in [1.807, 2.05) is 13.8 Å². The molecule has 1 atom stereocenters. The number of thiophene rings is 1. The number of carbonyl (C=O) groups is 2. The maximum absolute atomic E-state index is 13.6. The zero-order valence-electron chi connectivity index (χ0n) is 11.7. The van der Waals surface area contributed by atoms with Gasteiger partial charge in [0, 0.05) is 10.1 Å². The zero-order valence-corrected chi connectivity index (χ0v) is 12.5. The Morgan fingerprint density at radius 3 is 2.67 bits per heavy atom. The van der Waals surface area contributed by atoms with Crippen LogP contribution in [0.25, 0.3) is 10.1 Å². The number of nitrogens with one attached hydrogen (secondary N) is 1. The first-order valence-corrected chi connectivity index (χ1v) is 7.42. The van der Waals surface area contributed by atoms with E-state index in [0.717, 1.165) is 11.3 Å². The van der Waals surface area contributed by atoms with E-state index in [1.165, 1.54) is 12.1 Å². The molecular formula is C15H16FNO3S. The van der Waals surface area contributed by atoms with Crippen LogP contribution in [0.1, 0.15) is 29.9 Å². The van der Waals surface area contributed by atoms with Crippen LogP contribution in [0.15, 0.2) is 24.3 Å². The molecule has 0 fully saturated rings. The third-order valence-corrected chi connectivity index (χ3v) is 4.14. The first-order chi connectivity index (χ1) is 9.88. The van der Waals surface area contributed by atoms with Gasteiger partial charge in [0.1, 0.15) is 11.9 Å². The minimum atomic E-state index is -1.07. The van der Waals surface area contributed by atoms with E-state index in [4.69, 9.17) is 5.11 Å². The SMILES string of the molecule is CC(C)C[C@H](NC(=O)c1cc2c(F)cccc2s1)C(=O)O. The van der Waals surface area contributed by atoms with Crippen LogP contribution in [-0.2, 0) is 4.79 Å². The van der Waals surface area contributed by atoms with Crippen molar-refractivity contribution in [3.63, 3.8) is 0 Å². The molecule has 4 nitrogen and oxygen atoms in total. The molecule has 2 rings (SSSR count). The number of rotatable bonds is 5. The zero-order chi connectivity index (χ0) is 15.6. The Morgan fingerprint density at radius 1 is 1.38 bits per heavy atom. The monoisotopic (exact) mass is 309 g/mol. The van der Waals surface area contributed by atoms with E-state index in [2.05, 4.69) is 5.32 Å². The second-order valence-electron chi connectivity index (χ2n) is 5.26. The normalized spacial score (nSPS) is 12.6. The number of hydrogen-bond acceptors (Lipinski definition) is 3. The Hall–Kier alpha value is -1.95. The summed E-state index contributed by atoms with van der Waals surface area (Å²) in [6, 6.07) is 5.15. The predicted octanol–water partition coefficient (Wildman–Crippen LogP) is 3.27. The van der Waals surface area contributed by atoms with Crippen molar-refractivity contribution < 1.29 is 19.1 Å². The Morgan fingerprint density at radius 2 is 2.10 bits per heavy atom. The van der Waals surface area contributed by atoms with Crippen molar-refractivity contribution in [2.75, 3.05) is 0 Å². The highest BCUT2D eigenvalue weighted by atomic mass is 32.1. The average Bonchev–Trinajstić information content (AvgIpc) is 2.82. The number of aliphatic carboxylic acids is 1. The summed E-state index contributed by atoms with van der Waals surface area (Å²) in [5, 5.41) is 12.0. The summed E-state index contributed by atoms with van der Waals surface area (Å²) in [6.45, 7) is 3.77. The van der Waals surface area contributed by atoms with E-state index in [1.54, 1.807) is 12.1 Å². The van der Waals surface area contributed by atoms with Crippen LogP contribution < -0.4 is 5.32 Å². The summed E-state index contributed by atoms with van der Waals surface area (Å²) < 4.78 is 14.3. The van der Waals surface area contributed by atoms with Gasteiger partial charge in [-0.1, -0.05) is 19.9 Å². The number of hydrogen-bond donors (Lipinski definition) is 2. The molecule has 0 unspecified atom stereocenters. The fourth-order valence-electron chi connectivity index (χ4n) is 2.06. The van der Waals surface area contributed by atoms with Crippen molar-refractivity contribution in [2.24, 2.45) is 5.92 Å². The van der Waals surface area contributed by atoms with E-state index in [0.29, 0.717) is 21.4 Å². The number of carbonyl (C=O) groups excluding carboxylic acids is 1. The first-order valence-electron chi connectivity index (χ1n) is 6.60. The van der Waals surface area contributed by atoms with Gasteiger partial charge in [0.25, 0.3) is 5.91 Å². The van der Waals surface area contributed by atoms with Crippen LogP contribution >= 0.6 is 11.3 Å². The summed E-state index contributed by atoms with van der Waals surface area (Å²) in [6.07, 6.45) is 0.348. The lowest BCUT2D eigenvalue weighted by Gasteiger charge is -2.15. The highest BCUT2D eigenvalue weighted by Gasteiger charge is 2.22. The fourth-order valence-corrected chi connectivity index (χ4v) is 3.04. The molecule has 1 amide bonds. The summed E-state index contributed by atoms with van der Waals surface area (Å²) in [7, 11) is 0. The van der Waals surface area contributed by atoms with E-state index in [9.17, 15) is 14.0 Å². The number of halogens is 1. The number of carboxylic acid groups (broad SMARTS) is 1. The predicted molar refractivity (Wildman–Crippen MR) is 80.1 cm³/mol. The molecule has 0 saturated carbocycles. The van der Waals surface area contributed by atoms with Crippen LogP contribution in [0.5, 0.6) is 0 Å². The largest absolute Gasteiger partial charge is 0.480 e. The lowest BCUT2D eigenvalue weighted by molar-refractivity contribution is -0.139. The van der Waals surface area contributed by atoms with Crippen LogP contribution in [0, 0.1) is 11.7 Å². The van der Waals surface area contributed by atoms with Crippen LogP contribution in [0.2, 0.25) is 0 Å². The van der Waals surface area contributed by atoms with Crippen molar-refractivity contribution in [1.82, 2.24) is 5.32 Å². The minimum absolute atomic E-state index is 0.145. The maximum Gasteiger partial charge on any atom is 0.326 e. The molecule has 1 aromatic heterocycles. The van der Waals surface area contributed by atoms with Gasteiger partial charge in [-0.05, 0) is 30.5 Å². The molecule has 0 radical (unpaired) electrons. The molecule has 0 saturated heterocycles. The van der Waals surface area contributed by atoms with Gasteiger partial charge < -0.3 is 10.4 Å². The highest BCUT2D eigenvalue weighted by molar-refractivity contribution is 7.20. The topological polar surface area (TPSA) is 66.4 Å². The molecule has 0 bridgehead atoms. The second kappa shape index (κ2) is 6.22. The molecular weight excluding hydrogens is 293 g/mol. The molecule has 21 heavy (non-hydrogen) atoms. The Labute approximate surface area is 125 Å². The third-order valence-electron chi connectivity index (χ3n) is 3.04. The highest BCUT2D eigenvalue weighted by Crippen LogP contribution is 2.27. The van der Waals surface area contributed by atoms with Crippen molar-refractivity contribution >= 4 is 33.3 Å².